The second kappa shape index (κ2) is 5.16. The molecule has 0 aromatic carbocycles. The van der Waals surface area contributed by atoms with Gasteiger partial charge in [-0.25, -0.2) is 0 Å². The van der Waals surface area contributed by atoms with Crippen LogP contribution in [0.15, 0.2) is 0 Å². The lowest BCUT2D eigenvalue weighted by atomic mass is 10.0. The van der Waals surface area contributed by atoms with Gasteiger partial charge in [0.25, 0.3) is 0 Å². The maximum atomic E-state index is 5.96. The summed E-state index contributed by atoms with van der Waals surface area (Å²) in [6.07, 6.45) is 8.57. The first kappa shape index (κ1) is 11.3. The van der Waals surface area contributed by atoms with Crippen molar-refractivity contribution >= 4 is 8.32 Å². The molecule has 1 rings (SSSR count). The maximum absolute atomic E-state index is 5.96. The van der Waals surface area contributed by atoms with Crippen molar-refractivity contribution < 1.29 is 4.43 Å². The summed E-state index contributed by atoms with van der Waals surface area (Å²) in [7, 11) is -1.26. The monoisotopic (exact) mass is 200 g/mol. The summed E-state index contributed by atoms with van der Waals surface area (Å²) in [5.74, 6) is 0.870. The summed E-state index contributed by atoms with van der Waals surface area (Å²) in [6, 6.07) is 0. The molecule has 1 aliphatic carbocycles. The van der Waals surface area contributed by atoms with E-state index in [-0.39, 0.29) is 0 Å². The predicted octanol–water partition coefficient (Wildman–Crippen LogP) is 3.81. The molecule has 0 aromatic rings. The van der Waals surface area contributed by atoms with E-state index in [1.165, 1.54) is 38.5 Å². The second-order valence-electron chi connectivity index (χ2n) is 5.28. The first-order valence-corrected chi connectivity index (χ1v) is 9.13. The predicted molar refractivity (Wildman–Crippen MR) is 60.5 cm³/mol. The third-order valence-electron chi connectivity index (χ3n) is 2.73. The lowest BCUT2D eigenvalue weighted by molar-refractivity contribution is 0.228. The molecule has 0 saturated heterocycles. The molecule has 0 atom stereocenters. The van der Waals surface area contributed by atoms with Crippen molar-refractivity contribution in [2.24, 2.45) is 5.92 Å². The van der Waals surface area contributed by atoms with Gasteiger partial charge in [-0.2, -0.15) is 0 Å². The van der Waals surface area contributed by atoms with Gasteiger partial charge in [0.1, 0.15) is 0 Å². The minimum absolute atomic E-state index is 0.870. The Kier molecular flexibility index (Phi) is 4.46. The highest BCUT2D eigenvalue weighted by molar-refractivity contribution is 6.69. The van der Waals surface area contributed by atoms with E-state index in [4.69, 9.17) is 4.43 Å². The Balaban J connectivity index is 2.19. The van der Waals surface area contributed by atoms with Gasteiger partial charge in [0.15, 0.2) is 8.32 Å². The van der Waals surface area contributed by atoms with Crippen molar-refractivity contribution in [1.29, 1.82) is 0 Å². The molecule has 0 unspecified atom stereocenters. The molecule has 13 heavy (non-hydrogen) atoms. The van der Waals surface area contributed by atoms with E-state index in [2.05, 4.69) is 19.6 Å². The fourth-order valence-electron chi connectivity index (χ4n) is 1.90. The summed E-state index contributed by atoms with van der Waals surface area (Å²) in [6.45, 7) is 7.88. The molecule has 1 saturated carbocycles. The third-order valence-corrected chi connectivity index (χ3v) is 3.76. The van der Waals surface area contributed by atoms with Crippen LogP contribution >= 0.6 is 0 Å². The zero-order chi connectivity index (χ0) is 9.73. The maximum Gasteiger partial charge on any atom is 0.183 e. The third kappa shape index (κ3) is 5.48. The van der Waals surface area contributed by atoms with E-state index in [9.17, 15) is 0 Å². The van der Waals surface area contributed by atoms with Gasteiger partial charge in [-0.15, -0.1) is 0 Å². The summed E-state index contributed by atoms with van der Waals surface area (Å²) < 4.78 is 5.96. The van der Waals surface area contributed by atoms with E-state index in [0.29, 0.717) is 0 Å². The summed E-state index contributed by atoms with van der Waals surface area (Å²) in [5.41, 5.74) is 0. The average Bonchev–Trinajstić information content (AvgIpc) is 2.26. The molecule has 0 aliphatic heterocycles. The Morgan fingerprint density at radius 1 is 1.00 bits per heavy atom. The van der Waals surface area contributed by atoms with Gasteiger partial charge in [-0.05, 0) is 38.4 Å². The highest BCUT2D eigenvalue weighted by Gasteiger charge is 2.18. The Bertz CT molecular complexity index is 132. The first-order valence-electron chi connectivity index (χ1n) is 5.72. The molecule has 78 valence electrons. The molecule has 0 amide bonds. The minimum atomic E-state index is -1.26. The van der Waals surface area contributed by atoms with Crippen LogP contribution < -0.4 is 0 Å². The Morgan fingerprint density at radius 3 is 2.00 bits per heavy atom. The SMILES string of the molecule is C[Si](C)(C)OCC1CCCCCC1. The van der Waals surface area contributed by atoms with Crippen LogP contribution in [0.5, 0.6) is 0 Å². The topological polar surface area (TPSA) is 9.23 Å². The number of hydrogen-bond donors (Lipinski definition) is 0. The van der Waals surface area contributed by atoms with Crippen LogP contribution in [0.4, 0.5) is 0 Å². The van der Waals surface area contributed by atoms with Gasteiger partial charge in [-0.1, -0.05) is 25.7 Å². The Hall–Kier alpha value is 0.177. The van der Waals surface area contributed by atoms with Crippen LogP contribution in [-0.2, 0) is 4.43 Å². The molecule has 0 spiro atoms. The molecular weight excluding hydrogens is 176 g/mol. The molecule has 1 nitrogen and oxygen atoms in total. The molecule has 2 heteroatoms. The lowest BCUT2D eigenvalue weighted by Gasteiger charge is -2.22. The van der Waals surface area contributed by atoms with Crippen LogP contribution in [-0.4, -0.2) is 14.9 Å². The van der Waals surface area contributed by atoms with Gasteiger partial charge >= 0.3 is 0 Å². The molecule has 0 N–H and O–H groups in total. The van der Waals surface area contributed by atoms with Crippen LogP contribution in [0.3, 0.4) is 0 Å². The van der Waals surface area contributed by atoms with Gasteiger partial charge in [0.05, 0.1) is 0 Å². The molecular formula is C11H24OSi. The minimum Gasteiger partial charge on any atom is -0.417 e. The van der Waals surface area contributed by atoms with Gasteiger partial charge in [0, 0.05) is 6.61 Å². The van der Waals surface area contributed by atoms with Gasteiger partial charge in [-0.3, -0.25) is 0 Å². The summed E-state index contributed by atoms with van der Waals surface area (Å²) >= 11 is 0. The van der Waals surface area contributed by atoms with Crippen molar-refractivity contribution in [1.82, 2.24) is 0 Å². The Morgan fingerprint density at radius 2 is 1.54 bits per heavy atom. The van der Waals surface area contributed by atoms with Gasteiger partial charge in [0.2, 0.25) is 0 Å². The second-order valence-corrected chi connectivity index (χ2v) is 9.79. The fourth-order valence-corrected chi connectivity index (χ4v) is 2.63. The molecule has 0 aromatic heterocycles. The quantitative estimate of drug-likeness (QED) is 0.497. The Labute approximate surface area is 84.0 Å². The summed E-state index contributed by atoms with van der Waals surface area (Å²) in [4.78, 5) is 0. The zero-order valence-electron chi connectivity index (χ0n) is 9.44. The van der Waals surface area contributed by atoms with E-state index >= 15 is 0 Å². The largest absolute Gasteiger partial charge is 0.417 e. The molecule has 1 fully saturated rings. The zero-order valence-corrected chi connectivity index (χ0v) is 10.4. The number of hydrogen-bond acceptors (Lipinski definition) is 1. The molecule has 0 bridgehead atoms. The van der Waals surface area contributed by atoms with Crippen molar-refractivity contribution in [2.45, 2.75) is 58.2 Å². The van der Waals surface area contributed by atoms with E-state index < -0.39 is 8.32 Å². The van der Waals surface area contributed by atoms with Crippen molar-refractivity contribution in [3.05, 3.63) is 0 Å². The first-order chi connectivity index (χ1) is 6.08. The van der Waals surface area contributed by atoms with E-state index in [1.54, 1.807) is 0 Å². The van der Waals surface area contributed by atoms with E-state index in [1.807, 2.05) is 0 Å². The molecule has 1 aliphatic rings. The summed E-state index contributed by atoms with van der Waals surface area (Å²) in [5, 5.41) is 0. The highest BCUT2D eigenvalue weighted by atomic mass is 28.4. The van der Waals surface area contributed by atoms with Gasteiger partial charge < -0.3 is 4.43 Å². The lowest BCUT2D eigenvalue weighted by Crippen LogP contribution is -2.28. The fraction of sp³-hybridized carbons (Fsp3) is 1.00. The van der Waals surface area contributed by atoms with Crippen LogP contribution in [0.1, 0.15) is 38.5 Å². The number of rotatable bonds is 3. The molecule has 0 heterocycles. The standard InChI is InChI=1S/C11H24OSi/c1-13(2,3)12-10-11-8-6-4-5-7-9-11/h11H,4-10H2,1-3H3. The van der Waals surface area contributed by atoms with Crippen molar-refractivity contribution in [2.75, 3.05) is 6.61 Å². The van der Waals surface area contributed by atoms with Crippen molar-refractivity contribution in [3.63, 3.8) is 0 Å². The van der Waals surface area contributed by atoms with Crippen LogP contribution in [0.2, 0.25) is 19.6 Å². The van der Waals surface area contributed by atoms with Crippen LogP contribution in [0, 0.1) is 5.92 Å². The highest BCUT2D eigenvalue weighted by Crippen LogP contribution is 2.23. The van der Waals surface area contributed by atoms with Crippen molar-refractivity contribution in [3.8, 4) is 0 Å². The average molecular weight is 200 g/mol. The molecule has 0 radical (unpaired) electrons. The van der Waals surface area contributed by atoms with E-state index in [0.717, 1.165) is 12.5 Å². The smallest absolute Gasteiger partial charge is 0.183 e. The normalized spacial score (nSPS) is 21.5. The van der Waals surface area contributed by atoms with Crippen LogP contribution in [0.25, 0.3) is 0 Å².